The molecule has 1 fully saturated rings. The lowest BCUT2D eigenvalue weighted by molar-refractivity contribution is -0.175. The molecule has 7 heteroatoms. The summed E-state index contributed by atoms with van der Waals surface area (Å²) in [6, 6.07) is 0. The molecule has 0 saturated heterocycles. The van der Waals surface area contributed by atoms with E-state index in [0.29, 0.717) is 12.8 Å². The summed E-state index contributed by atoms with van der Waals surface area (Å²) in [5.74, 6) is -10.7. The molecule has 0 bridgehead atoms. The van der Waals surface area contributed by atoms with E-state index < -0.39 is 51.6 Å². The van der Waals surface area contributed by atoms with Gasteiger partial charge in [-0.25, -0.2) is 22.0 Å². The van der Waals surface area contributed by atoms with Gasteiger partial charge in [-0.05, 0) is 71.1 Å². The minimum atomic E-state index is -2.15. The molecule has 2 nitrogen and oxygen atoms in total. The second-order valence-electron chi connectivity index (χ2n) is 9.35. The molecule has 0 amide bonds. The number of benzene rings is 1. The summed E-state index contributed by atoms with van der Waals surface area (Å²) in [6.45, 7) is 7.18. The van der Waals surface area contributed by atoms with Gasteiger partial charge in [-0.2, -0.15) is 0 Å². The highest BCUT2D eigenvalue weighted by atomic mass is 19.2. The van der Waals surface area contributed by atoms with E-state index in [0.717, 1.165) is 38.5 Å². The maximum absolute atomic E-state index is 14.2. The molecule has 1 aromatic rings. The van der Waals surface area contributed by atoms with E-state index in [-0.39, 0.29) is 18.8 Å². The number of hydrogen-bond acceptors (Lipinski definition) is 2. The van der Waals surface area contributed by atoms with Crippen LogP contribution in [0.3, 0.4) is 0 Å². The van der Waals surface area contributed by atoms with E-state index in [1.54, 1.807) is 20.8 Å². The highest BCUT2D eigenvalue weighted by Gasteiger charge is 2.39. The lowest BCUT2D eigenvalue weighted by atomic mass is 9.81. The molecule has 1 atom stereocenters. The Morgan fingerprint density at radius 1 is 0.935 bits per heavy atom. The van der Waals surface area contributed by atoms with Crippen molar-refractivity contribution in [3.05, 3.63) is 34.6 Å². The number of ether oxygens (including phenoxy) is 1. The second-order valence-corrected chi connectivity index (χ2v) is 9.35. The molecule has 1 aliphatic carbocycles. The molecule has 1 aromatic carbocycles. The minimum absolute atomic E-state index is 0.199. The molecule has 1 saturated carbocycles. The van der Waals surface area contributed by atoms with E-state index in [4.69, 9.17) is 4.74 Å². The van der Waals surface area contributed by atoms with Crippen LogP contribution >= 0.6 is 0 Å². The van der Waals surface area contributed by atoms with Gasteiger partial charge in [0.1, 0.15) is 5.60 Å². The number of carbonyl (C=O) groups is 1. The SMILES string of the molecule is CCC(CCCC(C)(C)C(=O)OC1(CC)CCCCC1)c1c(F)c(F)c(F)c(F)c1F. The molecule has 1 unspecified atom stereocenters. The first-order valence-electron chi connectivity index (χ1n) is 11.2. The maximum Gasteiger partial charge on any atom is 0.312 e. The molecule has 0 radical (unpaired) electrons. The fourth-order valence-electron chi connectivity index (χ4n) is 4.48. The Balaban J connectivity index is 2.06. The van der Waals surface area contributed by atoms with Gasteiger partial charge in [-0.15, -0.1) is 0 Å². The number of halogens is 5. The predicted octanol–water partition coefficient (Wildman–Crippen LogP) is 7.73. The first kappa shape index (κ1) is 25.6. The van der Waals surface area contributed by atoms with E-state index in [1.165, 1.54) is 0 Å². The first-order valence-corrected chi connectivity index (χ1v) is 11.2. The monoisotopic (exact) mass is 448 g/mol. The van der Waals surface area contributed by atoms with Crippen LogP contribution in [0.2, 0.25) is 0 Å². The third-order valence-electron chi connectivity index (χ3n) is 6.77. The van der Waals surface area contributed by atoms with Gasteiger partial charge < -0.3 is 4.74 Å². The van der Waals surface area contributed by atoms with Crippen LogP contribution in [0.1, 0.15) is 103 Å². The van der Waals surface area contributed by atoms with Crippen LogP contribution in [0.4, 0.5) is 22.0 Å². The molecule has 0 spiro atoms. The van der Waals surface area contributed by atoms with Crippen molar-refractivity contribution in [2.45, 2.75) is 103 Å². The number of esters is 1. The molecular weight excluding hydrogens is 415 g/mol. The lowest BCUT2D eigenvalue weighted by Gasteiger charge is -2.38. The molecule has 0 N–H and O–H groups in total. The van der Waals surface area contributed by atoms with Gasteiger partial charge in [0.2, 0.25) is 5.82 Å². The summed E-state index contributed by atoms with van der Waals surface area (Å²) < 4.78 is 74.8. The third-order valence-corrected chi connectivity index (χ3v) is 6.77. The van der Waals surface area contributed by atoms with Crippen molar-refractivity contribution in [3.63, 3.8) is 0 Å². The molecule has 0 aromatic heterocycles. The van der Waals surface area contributed by atoms with Crippen molar-refractivity contribution in [3.8, 4) is 0 Å². The topological polar surface area (TPSA) is 26.3 Å². The summed E-state index contributed by atoms with van der Waals surface area (Å²) in [6.07, 6.45) is 6.84. The Morgan fingerprint density at radius 3 is 1.94 bits per heavy atom. The fraction of sp³-hybridized carbons (Fsp3) is 0.708. The predicted molar refractivity (Wildman–Crippen MR) is 109 cm³/mol. The van der Waals surface area contributed by atoms with Crippen molar-refractivity contribution in [2.24, 2.45) is 5.41 Å². The number of rotatable bonds is 9. The molecule has 31 heavy (non-hydrogen) atoms. The van der Waals surface area contributed by atoms with Gasteiger partial charge >= 0.3 is 5.97 Å². The van der Waals surface area contributed by atoms with Crippen LogP contribution in [0.5, 0.6) is 0 Å². The summed E-state index contributed by atoms with van der Waals surface area (Å²) in [5, 5.41) is 0. The van der Waals surface area contributed by atoms with Gasteiger partial charge in [-0.3, -0.25) is 4.79 Å². The Morgan fingerprint density at radius 2 is 1.45 bits per heavy atom. The smallest absolute Gasteiger partial charge is 0.312 e. The largest absolute Gasteiger partial charge is 0.459 e. The lowest BCUT2D eigenvalue weighted by Crippen LogP contribution is -2.41. The molecule has 176 valence electrons. The van der Waals surface area contributed by atoms with Gasteiger partial charge in [0.15, 0.2) is 23.3 Å². The first-order chi connectivity index (χ1) is 14.5. The van der Waals surface area contributed by atoms with E-state index in [9.17, 15) is 26.7 Å². The standard InChI is InChI=1S/C24H33F5O2/c1-5-15(16-17(25)19(27)21(29)20(28)18(16)26)11-10-12-23(3,4)22(30)31-24(6-2)13-8-7-9-14-24/h15H,5-14H2,1-4H3. The van der Waals surface area contributed by atoms with Crippen molar-refractivity contribution in [1.82, 2.24) is 0 Å². The summed E-state index contributed by atoms with van der Waals surface area (Å²) in [4.78, 5) is 12.9. The molecule has 0 heterocycles. The van der Waals surface area contributed by atoms with Gasteiger partial charge in [0, 0.05) is 5.56 Å². The van der Waals surface area contributed by atoms with Crippen LogP contribution < -0.4 is 0 Å². The van der Waals surface area contributed by atoms with Crippen molar-refractivity contribution < 1.29 is 31.5 Å². The van der Waals surface area contributed by atoms with Gasteiger partial charge in [-0.1, -0.05) is 26.7 Å². The fourth-order valence-corrected chi connectivity index (χ4v) is 4.48. The quantitative estimate of drug-likeness (QED) is 0.167. The van der Waals surface area contributed by atoms with Crippen LogP contribution in [-0.4, -0.2) is 11.6 Å². The Labute approximate surface area is 181 Å². The van der Waals surface area contributed by atoms with E-state index in [1.807, 2.05) is 6.92 Å². The number of carbonyl (C=O) groups excluding carboxylic acids is 1. The highest BCUT2D eigenvalue weighted by molar-refractivity contribution is 5.76. The van der Waals surface area contributed by atoms with Crippen LogP contribution in [0, 0.1) is 34.5 Å². The van der Waals surface area contributed by atoms with Gasteiger partial charge in [0.25, 0.3) is 0 Å². The van der Waals surface area contributed by atoms with Crippen molar-refractivity contribution in [2.75, 3.05) is 0 Å². The summed E-state index contributed by atoms with van der Waals surface area (Å²) in [5.41, 5.74) is -2.01. The van der Waals surface area contributed by atoms with Crippen molar-refractivity contribution >= 4 is 5.97 Å². The van der Waals surface area contributed by atoms with Gasteiger partial charge in [0.05, 0.1) is 5.41 Å². The average molecular weight is 449 g/mol. The summed E-state index contributed by atoms with van der Waals surface area (Å²) >= 11 is 0. The van der Waals surface area contributed by atoms with Crippen LogP contribution in [0.25, 0.3) is 0 Å². The van der Waals surface area contributed by atoms with Crippen LogP contribution in [-0.2, 0) is 9.53 Å². The van der Waals surface area contributed by atoms with Crippen LogP contribution in [0.15, 0.2) is 0 Å². The van der Waals surface area contributed by atoms with Crippen molar-refractivity contribution in [1.29, 1.82) is 0 Å². The zero-order valence-corrected chi connectivity index (χ0v) is 18.9. The Kier molecular flexibility index (Phi) is 8.51. The third kappa shape index (κ3) is 5.58. The second kappa shape index (κ2) is 10.3. The Hall–Kier alpha value is -1.66. The molecule has 0 aliphatic heterocycles. The molecule has 1 aliphatic rings. The maximum atomic E-state index is 14.2. The Bertz CT molecular complexity index is 756. The average Bonchev–Trinajstić information content (AvgIpc) is 2.75. The number of hydrogen-bond donors (Lipinski definition) is 0. The zero-order valence-electron chi connectivity index (χ0n) is 18.9. The molecule has 2 rings (SSSR count). The van der Waals surface area contributed by atoms with E-state index >= 15 is 0 Å². The zero-order chi connectivity index (χ0) is 23.4. The highest BCUT2D eigenvalue weighted by Crippen LogP contribution is 2.39. The van der Waals surface area contributed by atoms with E-state index in [2.05, 4.69) is 0 Å². The normalized spacial score (nSPS) is 17.5. The minimum Gasteiger partial charge on any atom is -0.459 e. The summed E-state index contributed by atoms with van der Waals surface area (Å²) in [7, 11) is 0. The molecular formula is C24H33F5O2.